The largest absolute Gasteiger partial charge is 0.383 e. The minimum atomic E-state index is -0.335. The van der Waals surface area contributed by atoms with Gasteiger partial charge in [-0.05, 0) is 68.2 Å². The number of likely N-dealkylation sites (tertiary alicyclic amines) is 1. The highest BCUT2D eigenvalue weighted by molar-refractivity contribution is 6.01. The van der Waals surface area contributed by atoms with Crippen LogP contribution >= 0.6 is 0 Å². The Bertz CT molecular complexity index is 1760. The van der Waals surface area contributed by atoms with Crippen LogP contribution in [0.5, 0.6) is 0 Å². The number of carbonyl (C=O) groups is 1. The molecule has 0 spiro atoms. The average Bonchev–Trinajstić information content (AvgIpc) is 3.68. The van der Waals surface area contributed by atoms with E-state index in [9.17, 15) is 4.79 Å². The summed E-state index contributed by atoms with van der Waals surface area (Å²) < 4.78 is 7.19. The lowest BCUT2D eigenvalue weighted by Gasteiger charge is -2.31. The van der Waals surface area contributed by atoms with E-state index < -0.39 is 0 Å². The summed E-state index contributed by atoms with van der Waals surface area (Å²) in [5.74, 6) is 2.09. The fourth-order valence-corrected chi connectivity index (χ4v) is 5.63. The Balaban J connectivity index is 1.22. The monoisotopic (exact) mass is 593 g/mol. The van der Waals surface area contributed by atoms with Crippen molar-refractivity contribution in [1.82, 2.24) is 29.8 Å². The molecule has 11 heteroatoms. The Morgan fingerprint density at radius 2 is 1.77 bits per heavy atom. The highest BCUT2D eigenvalue weighted by Crippen LogP contribution is 2.34. The standard InChI is InChI=1S/C33H39N9O2/c1-6-41-17-15-22(16-18-41)21-7-9-23(10-8-21)29-28-30(34)35-20-36-31(28)42(38-29)25-13-11-24(12-14-25)37-32(43)40(5)27-19-26(44-39-27)33(2,3)4/h7-14,19-20,22H,6,15-18H2,1-5H3,(H,37,43)(H2,34,35,36). The Hall–Kier alpha value is -4.77. The number of hydrogen-bond donors (Lipinski definition) is 2. The third kappa shape index (κ3) is 5.74. The van der Waals surface area contributed by atoms with Gasteiger partial charge in [0.1, 0.15) is 23.6 Å². The van der Waals surface area contributed by atoms with E-state index in [1.54, 1.807) is 17.8 Å². The number of amides is 2. The van der Waals surface area contributed by atoms with Crippen molar-refractivity contribution in [1.29, 1.82) is 0 Å². The number of anilines is 3. The number of carbonyl (C=O) groups excluding carboxylic acids is 1. The van der Waals surface area contributed by atoms with Gasteiger partial charge in [-0.1, -0.05) is 57.1 Å². The van der Waals surface area contributed by atoms with Gasteiger partial charge in [0.05, 0.1) is 11.1 Å². The van der Waals surface area contributed by atoms with Gasteiger partial charge in [-0.15, -0.1) is 0 Å². The molecule has 3 aromatic heterocycles. The van der Waals surface area contributed by atoms with Crippen molar-refractivity contribution in [2.75, 3.05) is 42.6 Å². The van der Waals surface area contributed by atoms with E-state index in [4.69, 9.17) is 15.4 Å². The molecule has 0 saturated carbocycles. The molecule has 228 valence electrons. The summed E-state index contributed by atoms with van der Waals surface area (Å²) in [5.41, 5.74) is 11.2. The van der Waals surface area contributed by atoms with Crippen LogP contribution in [0.15, 0.2) is 65.4 Å². The second-order valence-corrected chi connectivity index (χ2v) is 12.4. The maximum atomic E-state index is 12.9. The zero-order valence-electron chi connectivity index (χ0n) is 25.9. The van der Waals surface area contributed by atoms with Crippen molar-refractivity contribution in [2.45, 2.75) is 51.9 Å². The SMILES string of the molecule is CCN1CCC(c2ccc(-c3nn(-c4ccc(NC(=O)N(C)c5cc(C(C)(C)C)on5)cc4)c4ncnc(N)c34)cc2)CC1. The van der Waals surface area contributed by atoms with E-state index in [0.717, 1.165) is 36.6 Å². The molecule has 0 bridgehead atoms. The predicted molar refractivity (Wildman–Crippen MR) is 173 cm³/mol. The molecule has 44 heavy (non-hydrogen) atoms. The summed E-state index contributed by atoms with van der Waals surface area (Å²) in [5, 5.41) is 12.6. The van der Waals surface area contributed by atoms with Gasteiger partial charge < -0.3 is 20.5 Å². The van der Waals surface area contributed by atoms with E-state index in [0.29, 0.717) is 40.0 Å². The summed E-state index contributed by atoms with van der Waals surface area (Å²) in [7, 11) is 1.65. The van der Waals surface area contributed by atoms with Crippen LogP contribution in [0, 0.1) is 0 Å². The zero-order valence-corrected chi connectivity index (χ0v) is 25.9. The molecule has 1 saturated heterocycles. The van der Waals surface area contributed by atoms with Gasteiger partial charge in [0.2, 0.25) is 0 Å². The number of nitrogen functional groups attached to an aromatic ring is 1. The number of nitrogens with two attached hydrogens (primary N) is 1. The number of nitrogens with zero attached hydrogens (tertiary/aromatic N) is 7. The van der Waals surface area contributed by atoms with Crippen LogP contribution in [0.3, 0.4) is 0 Å². The van der Waals surface area contributed by atoms with Crippen molar-refractivity contribution < 1.29 is 9.32 Å². The van der Waals surface area contributed by atoms with E-state index in [1.807, 2.05) is 45.0 Å². The number of aromatic nitrogens is 5. The smallest absolute Gasteiger partial charge is 0.327 e. The highest BCUT2D eigenvalue weighted by Gasteiger charge is 2.24. The number of fused-ring (bicyclic) bond motifs is 1. The number of benzene rings is 2. The summed E-state index contributed by atoms with van der Waals surface area (Å²) in [6.07, 6.45) is 3.80. The molecule has 3 N–H and O–H groups in total. The lowest BCUT2D eigenvalue weighted by Crippen LogP contribution is -2.32. The summed E-state index contributed by atoms with van der Waals surface area (Å²) in [6, 6.07) is 17.5. The van der Waals surface area contributed by atoms with E-state index in [1.165, 1.54) is 29.6 Å². The van der Waals surface area contributed by atoms with Gasteiger partial charge >= 0.3 is 6.03 Å². The Morgan fingerprint density at radius 1 is 1.07 bits per heavy atom. The first kappa shape index (κ1) is 29.3. The van der Waals surface area contributed by atoms with Crippen molar-refractivity contribution in [3.63, 3.8) is 0 Å². The molecule has 0 unspecified atom stereocenters. The Labute approximate surface area is 257 Å². The Morgan fingerprint density at radius 3 is 2.41 bits per heavy atom. The Kier molecular flexibility index (Phi) is 7.81. The van der Waals surface area contributed by atoms with Crippen LogP contribution in [0.4, 0.5) is 22.1 Å². The zero-order chi connectivity index (χ0) is 31.0. The quantitative estimate of drug-likeness (QED) is 0.237. The van der Waals surface area contributed by atoms with Crippen LogP contribution in [0.25, 0.3) is 28.0 Å². The molecular weight excluding hydrogens is 554 g/mol. The maximum absolute atomic E-state index is 12.9. The van der Waals surface area contributed by atoms with Gasteiger partial charge in [-0.3, -0.25) is 4.90 Å². The lowest BCUT2D eigenvalue weighted by atomic mass is 9.89. The first-order valence-corrected chi connectivity index (χ1v) is 15.1. The van der Waals surface area contributed by atoms with Crippen LogP contribution in [-0.2, 0) is 5.41 Å². The molecule has 2 amide bonds. The second-order valence-electron chi connectivity index (χ2n) is 12.4. The summed E-state index contributed by atoms with van der Waals surface area (Å²) in [6.45, 7) is 11.7. The molecule has 6 rings (SSSR count). The third-order valence-corrected chi connectivity index (χ3v) is 8.43. The molecule has 11 nitrogen and oxygen atoms in total. The number of rotatable bonds is 6. The first-order chi connectivity index (χ1) is 21.1. The summed E-state index contributed by atoms with van der Waals surface area (Å²) >= 11 is 0. The van der Waals surface area contributed by atoms with Crippen molar-refractivity contribution in [2.24, 2.45) is 0 Å². The topological polar surface area (TPSA) is 131 Å². The molecule has 5 aromatic rings. The number of piperidine rings is 1. The molecule has 1 fully saturated rings. The maximum Gasteiger partial charge on any atom is 0.327 e. The average molecular weight is 594 g/mol. The van der Waals surface area contributed by atoms with Gasteiger partial charge in [-0.2, -0.15) is 5.10 Å². The predicted octanol–water partition coefficient (Wildman–Crippen LogP) is 6.22. The van der Waals surface area contributed by atoms with Crippen LogP contribution in [0.1, 0.15) is 57.8 Å². The molecule has 1 aliphatic rings. The normalized spacial score (nSPS) is 14.7. The van der Waals surface area contributed by atoms with Gasteiger partial charge in [0, 0.05) is 29.8 Å². The van der Waals surface area contributed by atoms with Gasteiger partial charge in [0.15, 0.2) is 11.5 Å². The minimum absolute atomic E-state index is 0.208. The molecule has 2 aromatic carbocycles. The van der Waals surface area contributed by atoms with Crippen LogP contribution < -0.4 is 16.0 Å². The first-order valence-electron chi connectivity index (χ1n) is 15.1. The van der Waals surface area contributed by atoms with Crippen LogP contribution in [0.2, 0.25) is 0 Å². The number of urea groups is 1. The van der Waals surface area contributed by atoms with Crippen molar-refractivity contribution in [3.05, 3.63) is 72.2 Å². The van der Waals surface area contributed by atoms with E-state index in [-0.39, 0.29) is 11.4 Å². The van der Waals surface area contributed by atoms with Gasteiger partial charge in [-0.25, -0.2) is 19.4 Å². The second kappa shape index (κ2) is 11.7. The van der Waals surface area contributed by atoms with Crippen LogP contribution in [-0.4, -0.2) is 62.5 Å². The molecule has 1 aliphatic heterocycles. The fourth-order valence-electron chi connectivity index (χ4n) is 5.63. The van der Waals surface area contributed by atoms with Gasteiger partial charge in [0.25, 0.3) is 0 Å². The molecule has 0 atom stereocenters. The van der Waals surface area contributed by atoms with Crippen molar-refractivity contribution >= 4 is 34.4 Å². The fraction of sp³-hybridized carbons (Fsp3) is 0.364. The third-order valence-electron chi connectivity index (χ3n) is 8.43. The number of hydrogen-bond acceptors (Lipinski definition) is 8. The molecule has 0 aliphatic carbocycles. The molecule has 4 heterocycles. The summed E-state index contributed by atoms with van der Waals surface area (Å²) in [4.78, 5) is 25.6. The lowest BCUT2D eigenvalue weighted by molar-refractivity contribution is 0.222. The van der Waals surface area contributed by atoms with Crippen molar-refractivity contribution in [3.8, 4) is 16.9 Å². The highest BCUT2D eigenvalue weighted by atomic mass is 16.5. The minimum Gasteiger partial charge on any atom is -0.383 e. The number of nitrogens with one attached hydrogen (secondary N) is 1. The molecular formula is C33H39N9O2. The molecule has 0 radical (unpaired) electrons. The van der Waals surface area contributed by atoms with E-state index in [2.05, 4.69) is 56.5 Å². The van der Waals surface area contributed by atoms with E-state index >= 15 is 0 Å².